The summed E-state index contributed by atoms with van der Waals surface area (Å²) in [7, 11) is 0. The van der Waals surface area contributed by atoms with Gasteiger partial charge in [-0.3, -0.25) is 9.59 Å². The molecule has 0 saturated heterocycles. The van der Waals surface area contributed by atoms with E-state index in [1.165, 1.54) is 0 Å². The van der Waals surface area contributed by atoms with E-state index in [1.54, 1.807) is 6.07 Å². The fraction of sp³-hybridized carbons (Fsp3) is 0.300. The van der Waals surface area contributed by atoms with E-state index in [0.717, 1.165) is 16.9 Å². The molecule has 2 aromatic carbocycles. The second kappa shape index (κ2) is 5.85. The molecule has 26 heavy (non-hydrogen) atoms. The van der Waals surface area contributed by atoms with Gasteiger partial charge in [-0.05, 0) is 29.2 Å². The lowest BCUT2D eigenvalue weighted by atomic mass is 9.84. The quantitative estimate of drug-likeness (QED) is 0.650. The molecule has 2 aromatic rings. The van der Waals surface area contributed by atoms with Crippen molar-refractivity contribution in [1.82, 2.24) is 0 Å². The van der Waals surface area contributed by atoms with Gasteiger partial charge in [-0.2, -0.15) is 0 Å². The van der Waals surface area contributed by atoms with Crippen LogP contribution in [0.4, 0.5) is 0 Å². The molecule has 0 spiro atoms. The zero-order valence-corrected chi connectivity index (χ0v) is 14.0. The van der Waals surface area contributed by atoms with Gasteiger partial charge in [-0.1, -0.05) is 36.4 Å². The molecule has 0 unspecified atom stereocenters. The van der Waals surface area contributed by atoms with Crippen molar-refractivity contribution in [3.05, 3.63) is 59.2 Å². The van der Waals surface area contributed by atoms with E-state index in [-0.39, 0.29) is 12.8 Å². The summed E-state index contributed by atoms with van der Waals surface area (Å²) >= 11 is 0. The standard InChI is InChI=1S/C20H19NO5/c21-20(19(24)25,15-9-14(15)18(22)23)10-13-6-3-5-12-8-11-4-1-2-7-16(11)26-17(12)13/h1-7,14-15H,8-10,21H2,(H,22,23)(H,24,25)/t14-,15-,20-/m0/s1. The average molecular weight is 353 g/mol. The molecule has 6 nitrogen and oxygen atoms in total. The Balaban J connectivity index is 1.67. The zero-order valence-electron chi connectivity index (χ0n) is 14.0. The third-order valence-corrected chi connectivity index (χ3v) is 5.39. The van der Waals surface area contributed by atoms with E-state index in [9.17, 15) is 14.7 Å². The summed E-state index contributed by atoms with van der Waals surface area (Å²) in [5.41, 5.74) is 7.33. The van der Waals surface area contributed by atoms with Gasteiger partial charge in [0.2, 0.25) is 0 Å². The molecule has 4 rings (SSSR count). The van der Waals surface area contributed by atoms with E-state index in [0.29, 0.717) is 17.7 Å². The Morgan fingerprint density at radius 3 is 2.54 bits per heavy atom. The lowest BCUT2D eigenvalue weighted by Crippen LogP contribution is -2.53. The van der Waals surface area contributed by atoms with Crippen LogP contribution in [-0.2, 0) is 22.4 Å². The number of aliphatic carboxylic acids is 2. The van der Waals surface area contributed by atoms with Gasteiger partial charge in [0.05, 0.1) is 5.92 Å². The fourth-order valence-corrected chi connectivity index (χ4v) is 3.83. The summed E-state index contributed by atoms with van der Waals surface area (Å²) < 4.78 is 6.04. The second-order valence-corrected chi connectivity index (χ2v) is 7.10. The monoisotopic (exact) mass is 353 g/mol. The summed E-state index contributed by atoms with van der Waals surface area (Å²) in [5.74, 6) is -2.07. The highest BCUT2D eigenvalue weighted by Gasteiger charge is 2.58. The van der Waals surface area contributed by atoms with Crippen molar-refractivity contribution in [2.24, 2.45) is 17.6 Å². The molecule has 0 aromatic heterocycles. The van der Waals surface area contributed by atoms with Crippen LogP contribution in [0.5, 0.6) is 11.5 Å². The summed E-state index contributed by atoms with van der Waals surface area (Å²) in [6, 6.07) is 13.3. The van der Waals surface area contributed by atoms with Crippen LogP contribution in [0.1, 0.15) is 23.1 Å². The molecule has 1 heterocycles. The van der Waals surface area contributed by atoms with E-state index in [4.69, 9.17) is 15.6 Å². The molecule has 1 aliphatic heterocycles. The molecule has 0 amide bonds. The highest BCUT2D eigenvalue weighted by molar-refractivity contribution is 5.84. The first-order chi connectivity index (χ1) is 12.4. The number of hydrogen-bond donors (Lipinski definition) is 3. The minimum absolute atomic E-state index is 0.0299. The molecule has 134 valence electrons. The number of fused-ring (bicyclic) bond motifs is 2. The van der Waals surface area contributed by atoms with Gasteiger partial charge in [-0.25, -0.2) is 0 Å². The average Bonchev–Trinajstić information content (AvgIpc) is 3.42. The Hall–Kier alpha value is -2.86. The number of carboxylic acid groups (broad SMARTS) is 2. The summed E-state index contributed by atoms with van der Waals surface area (Å²) in [5, 5.41) is 18.9. The van der Waals surface area contributed by atoms with Crippen LogP contribution < -0.4 is 10.5 Å². The smallest absolute Gasteiger partial charge is 0.324 e. The lowest BCUT2D eigenvalue weighted by molar-refractivity contribution is -0.145. The molecule has 4 N–H and O–H groups in total. The van der Waals surface area contributed by atoms with Gasteiger partial charge >= 0.3 is 11.9 Å². The van der Waals surface area contributed by atoms with Crippen molar-refractivity contribution in [3.63, 3.8) is 0 Å². The van der Waals surface area contributed by atoms with Crippen LogP contribution in [0.2, 0.25) is 0 Å². The minimum Gasteiger partial charge on any atom is -0.481 e. The maximum Gasteiger partial charge on any atom is 0.324 e. The highest BCUT2D eigenvalue weighted by atomic mass is 16.5. The van der Waals surface area contributed by atoms with Gasteiger partial charge in [0, 0.05) is 18.8 Å². The summed E-state index contributed by atoms with van der Waals surface area (Å²) in [6.45, 7) is 0. The number of carbonyl (C=O) groups is 2. The number of nitrogens with two attached hydrogens (primary N) is 1. The van der Waals surface area contributed by atoms with Crippen LogP contribution in [0.15, 0.2) is 42.5 Å². The third-order valence-electron chi connectivity index (χ3n) is 5.39. The topological polar surface area (TPSA) is 110 Å². The maximum absolute atomic E-state index is 11.9. The Bertz CT molecular complexity index is 909. The largest absolute Gasteiger partial charge is 0.481 e. The molecule has 1 aliphatic carbocycles. The Morgan fingerprint density at radius 2 is 1.85 bits per heavy atom. The molecule has 2 aliphatic rings. The van der Waals surface area contributed by atoms with Crippen molar-refractivity contribution >= 4 is 11.9 Å². The Kier molecular flexibility index (Phi) is 3.73. The number of benzene rings is 2. The van der Waals surface area contributed by atoms with Crippen molar-refractivity contribution in [1.29, 1.82) is 0 Å². The molecular formula is C20H19NO5. The van der Waals surface area contributed by atoms with Gasteiger partial charge in [0.15, 0.2) is 0 Å². The molecule has 6 heteroatoms. The van der Waals surface area contributed by atoms with Gasteiger partial charge in [0.25, 0.3) is 0 Å². The molecule has 3 atom stereocenters. The maximum atomic E-state index is 11.9. The van der Waals surface area contributed by atoms with Crippen LogP contribution in [0.3, 0.4) is 0 Å². The zero-order chi connectivity index (χ0) is 18.5. The predicted molar refractivity (Wildman–Crippen MR) is 93.3 cm³/mol. The van der Waals surface area contributed by atoms with Crippen LogP contribution in [-0.4, -0.2) is 27.7 Å². The van der Waals surface area contributed by atoms with Crippen molar-refractivity contribution < 1.29 is 24.5 Å². The van der Waals surface area contributed by atoms with Crippen molar-refractivity contribution in [3.8, 4) is 11.5 Å². The van der Waals surface area contributed by atoms with E-state index < -0.39 is 29.3 Å². The van der Waals surface area contributed by atoms with Crippen molar-refractivity contribution in [2.45, 2.75) is 24.8 Å². The van der Waals surface area contributed by atoms with E-state index in [1.807, 2.05) is 36.4 Å². The molecular weight excluding hydrogens is 334 g/mol. The fourth-order valence-electron chi connectivity index (χ4n) is 3.83. The third kappa shape index (κ3) is 2.63. The normalized spacial score (nSPS) is 22.3. The first-order valence-corrected chi connectivity index (χ1v) is 8.52. The van der Waals surface area contributed by atoms with Crippen LogP contribution in [0.25, 0.3) is 0 Å². The lowest BCUT2D eigenvalue weighted by Gasteiger charge is -2.28. The van der Waals surface area contributed by atoms with E-state index >= 15 is 0 Å². The van der Waals surface area contributed by atoms with E-state index in [2.05, 4.69) is 0 Å². The SMILES string of the molecule is N[C@](Cc1cccc2c1Oc1ccccc1C2)(C(=O)O)[C@H]1C[C@@H]1C(=O)O. The van der Waals surface area contributed by atoms with Gasteiger partial charge < -0.3 is 20.7 Å². The number of hydrogen-bond acceptors (Lipinski definition) is 4. The molecule has 1 fully saturated rings. The van der Waals surface area contributed by atoms with Crippen molar-refractivity contribution in [2.75, 3.05) is 0 Å². The van der Waals surface area contributed by atoms with Gasteiger partial charge in [0.1, 0.15) is 17.0 Å². The number of ether oxygens (including phenoxy) is 1. The number of para-hydroxylation sites is 2. The summed E-state index contributed by atoms with van der Waals surface area (Å²) in [6.07, 6.45) is 1.02. The first kappa shape index (κ1) is 16.6. The Morgan fingerprint density at radius 1 is 1.12 bits per heavy atom. The van der Waals surface area contributed by atoms with Crippen LogP contribution in [0, 0.1) is 11.8 Å². The number of rotatable bonds is 5. The summed E-state index contributed by atoms with van der Waals surface area (Å²) in [4.78, 5) is 23.1. The number of carboxylic acids is 2. The first-order valence-electron chi connectivity index (χ1n) is 8.52. The predicted octanol–water partition coefficient (Wildman–Crippen LogP) is 2.43. The second-order valence-electron chi connectivity index (χ2n) is 7.10. The molecule has 0 bridgehead atoms. The van der Waals surface area contributed by atoms with Gasteiger partial charge in [-0.15, -0.1) is 0 Å². The van der Waals surface area contributed by atoms with Crippen LogP contribution >= 0.6 is 0 Å². The highest BCUT2D eigenvalue weighted by Crippen LogP contribution is 2.48. The molecule has 1 saturated carbocycles. The minimum atomic E-state index is -1.63. The Labute approximate surface area is 150 Å². The molecule has 0 radical (unpaired) electrons.